The lowest BCUT2D eigenvalue weighted by molar-refractivity contribution is -0.147. The van der Waals surface area contributed by atoms with Crippen molar-refractivity contribution in [1.82, 2.24) is 20.4 Å². The van der Waals surface area contributed by atoms with Crippen LogP contribution in [0.5, 0.6) is 0 Å². The zero-order chi connectivity index (χ0) is 21.6. The lowest BCUT2D eigenvalue weighted by Gasteiger charge is -2.08. The lowest BCUT2D eigenvalue weighted by atomic mass is 10.1. The molecule has 1 aromatic carbocycles. The third kappa shape index (κ3) is 6.07. The molecule has 8 nitrogen and oxygen atoms in total. The SMILES string of the molecule is C=CCNC(=O)NC(=O)COC(=O)Cc1c(C)nn(-c2ccc(Cl)c(Cl)c2)c1C. The fourth-order valence-electron chi connectivity index (χ4n) is 2.51. The van der Waals surface area contributed by atoms with Crippen molar-refractivity contribution in [2.45, 2.75) is 20.3 Å². The van der Waals surface area contributed by atoms with Crippen molar-refractivity contribution in [3.05, 3.63) is 57.9 Å². The summed E-state index contributed by atoms with van der Waals surface area (Å²) >= 11 is 12.0. The molecule has 2 N–H and O–H groups in total. The van der Waals surface area contributed by atoms with E-state index >= 15 is 0 Å². The molecule has 0 spiro atoms. The molecule has 0 unspecified atom stereocenters. The number of nitrogens with zero attached hydrogens (tertiary/aromatic N) is 2. The minimum absolute atomic E-state index is 0.0745. The van der Waals surface area contributed by atoms with Gasteiger partial charge < -0.3 is 10.1 Å². The molecule has 154 valence electrons. The number of amides is 3. The Morgan fingerprint density at radius 3 is 2.62 bits per heavy atom. The summed E-state index contributed by atoms with van der Waals surface area (Å²) in [4.78, 5) is 35.1. The normalized spacial score (nSPS) is 10.3. The number of aromatic nitrogens is 2. The summed E-state index contributed by atoms with van der Waals surface area (Å²) in [6, 6.07) is 4.40. The minimum Gasteiger partial charge on any atom is -0.455 e. The fourth-order valence-corrected chi connectivity index (χ4v) is 2.80. The van der Waals surface area contributed by atoms with Gasteiger partial charge in [-0.05, 0) is 32.0 Å². The van der Waals surface area contributed by atoms with Crippen LogP contribution in [-0.2, 0) is 20.7 Å². The molecule has 1 heterocycles. The number of hydrogen-bond donors (Lipinski definition) is 2. The summed E-state index contributed by atoms with van der Waals surface area (Å²) in [6.45, 7) is 6.65. The molecule has 10 heteroatoms. The van der Waals surface area contributed by atoms with Crippen LogP contribution in [0.3, 0.4) is 0 Å². The van der Waals surface area contributed by atoms with Gasteiger partial charge in [-0.3, -0.25) is 14.9 Å². The highest BCUT2D eigenvalue weighted by Gasteiger charge is 2.18. The van der Waals surface area contributed by atoms with Gasteiger partial charge in [0.15, 0.2) is 6.61 Å². The molecule has 0 aliphatic carbocycles. The molecule has 0 bridgehead atoms. The molecule has 0 fully saturated rings. The average Bonchev–Trinajstić information content (AvgIpc) is 2.95. The third-order valence-electron chi connectivity index (χ3n) is 3.93. The number of hydrogen-bond acceptors (Lipinski definition) is 5. The van der Waals surface area contributed by atoms with Crippen molar-refractivity contribution in [2.24, 2.45) is 0 Å². The quantitative estimate of drug-likeness (QED) is 0.510. The summed E-state index contributed by atoms with van der Waals surface area (Å²) in [5.41, 5.74) is 2.74. The molecule has 0 saturated carbocycles. The van der Waals surface area contributed by atoms with Crippen LogP contribution < -0.4 is 10.6 Å². The van der Waals surface area contributed by atoms with E-state index in [9.17, 15) is 14.4 Å². The van der Waals surface area contributed by atoms with Gasteiger partial charge in [0.2, 0.25) is 0 Å². The van der Waals surface area contributed by atoms with Crippen molar-refractivity contribution >= 4 is 41.1 Å². The van der Waals surface area contributed by atoms with Gasteiger partial charge in [-0.2, -0.15) is 5.10 Å². The van der Waals surface area contributed by atoms with E-state index in [1.807, 2.05) is 12.2 Å². The molecule has 0 aliphatic rings. The Labute approximate surface area is 177 Å². The zero-order valence-electron chi connectivity index (χ0n) is 15.9. The van der Waals surface area contributed by atoms with E-state index < -0.39 is 24.5 Å². The van der Waals surface area contributed by atoms with Gasteiger partial charge in [-0.25, -0.2) is 9.48 Å². The number of nitrogens with one attached hydrogen (secondary N) is 2. The van der Waals surface area contributed by atoms with Crippen molar-refractivity contribution in [3.63, 3.8) is 0 Å². The van der Waals surface area contributed by atoms with Crippen LogP contribution in [0.2, 0.25) is 10.0 Å². The predicted octanol–water partition coefficient (Wildman–Crippen LogP) is 2.89. The summed E-state index contributed by atoms with van der Waals surface area (Å²) in [5.74, 6) is -1.36. The molecule has 2 rings (SSSR count). The van der Waals surface area contributed by atoms with Gasteiger partial charge in [0.1, 0.15) is 0 Å². The maximum Gasteiger partial charge on any atom is 0.321 e. The third-order valence-corrected chi connectivity index (χ3v) is 4.67. The second-order valence-corrected chi connectivity index (χ2v) is 6.86. The molecule has 2 aromatic rings. The van der Waals surface area contributed by atoms with Crippen molar-refractivity contribution in [1.29, 1.82) is 0 Å². The van der Waals surface area contributed by atoms with Crippen molar-refractivity contribution in [2.75, 3.05) is 13.2 Å². The van der Waals surface area contributed by atoms with Crippen molar-refractivity contribution in [3.8, 4) is 5.69 Å². The van der Waals surface area contributed by atoms with E-state index in [4.69, 9.17) is 27.9 Å². The topological polar surface area (TPSA) is 102 Å². The number of imide groups is 1. The number of carbonyl (C=O) groups is 3. The number of benzene rings is 1. The number of urea groups is 1. The zero-order valence-corrected chi connectivity index (χ0v) is 17.4. The van der Waals surface area contributed by atoms with Crippen LogP contribution in [0.1, 0.15) is 17.0 Å². The van der Waals surface area contributed by atoms with Gasteiger partial charge in [0.05, 0.1) is 27.8 Å². The molecule has 0 saturated heterocycles. The van der Waals surface area contributed by atoms with Crippen molar-refractivity contribution < 1.29 is 19.1 Å². The Hall–Kier alpha value is -2.84. The van der Waals surface area contributed by atoms with Crippen LogP contribution in [-0.4, -0.2) is 40.8 Å². The first-order valence-corrected chi connectivity index (χ1v) is 9.33. The van der Waals surface area contributed by atoms with E-state index in [2.05, 4.69) is 17.0 Å². The van der Waals surface area contributed by atoms with Gasteiger partial charge >= 0.3 is 12.0 Å². The molecular weight excluding hydrogens is 419 g/mol. The van der Waals surface area contributed by atoms with Gasteiger partial charge in [-0.15, -0.1) is 6.58 Å². The Kier molecular flexibility index (Phi) is 7.81. The number of rotatable bonds is 7. The number of carbonyl (C=O) groups excluding carboxylic acids is 3. The largest absolute Gasteiger partial charge is 0.455 e. The van der Waals surface area contributed by atoms with Crippen LogP contribution in [0.4, 0.5) is 4.79 Å². The van der Waals surface area contributed by atoms with Crippen LogP contribution in [0.25, 0.3) is 5.69 Å². The molecule has 3 amide bonds. The number of halogens is 2. The number of aryl methyl sites for hydroxylation is 1. The van der Waals surface area contributed by atoms with E-state index in [1.54, 1.807) is 29.8 Å². The van der Waals surface area contributed by atoms with Crippen LogP contribution in [0.15, 0.2) is 30.9 Å². The second kappa shape index (κ2) is 10.1. The van der Waals surface area contributed by atoms with E-state index in [-0.39, 0.29) is 13.0 Å². The Morgan fingerprint density at radius 1 is 1.24 bits per heavy atom. The van der Waals surface area contributed by atoms with Gasteiger partial charge in [0, 0.05) is 17.8 Å². The first-order chi connectivity index (χ1) is 13.7. The minimum atomic E-state index is -0.736. The first kappa shape index (κ1) is 22.4. The molecular formula is C19H20Cl2N4O4. The maximum atomic E-state index is 12.1. The highest BCUT2D eigenvalue weighted by atomic mass is 35.5. The molecule has 0 aliphatic heterocycles. The van der Waals surface area contributed by atoms with Crippen LogP contribution >= 0.6 is 23.2 Å². The summed E-state index contributed by atoms with van der Waals surface area (Å²) in [5, 5.41) is 9.66. The van der Waals surface area contributed by atoms with E-state index in [1.165, 1.54) is 6.08 Å². The standard InChI is InChI=1S/C19H20Cl2N4O4/c1-4-7-22-19(28)23-17(26)10-29-18(27)9-14-11(2)24-25(12(14)3)13-5-6-15(20)16(21)8-13/h4-6,8H,1,7,9-10H2,2-3H3,(H2,22,23,26,28). The Bertz CT molecular complexity index is 956. The Balaban J connectivity index is 1.99. The molecule has 0 atom stereocenters. The average molecular weight is 439 g/mol. The summed E-state index contributed by atoms with van der Waals surface area (Å²) in [7, 11) is 0. The van der Waals surface area contributed by atoms with Gasteiger partial charge in [-0.1, -0.05) is 29.3 Å². The van der Waals surface area contributed by atoms with E-state index in [0.29, 0.717) is 27.0 Å². The molecule has 29 heavy (non-hydrogen) atoms. The smallest absolute Gasteiger partial charge is 0.321 e. The molecule has 1 aromatic heterocycles. The number of ether oxygens (including phenoxy) is 1. The summed E-state index contributed by atoms with van der Waals surface area (Å²) < 4.78 is 6.60. The second-order valence-electron chi connectivity index (χ2n) is 6.04. The fraction of sp³-hybridized carbons (Fsp3) is 0.263. The van der Waals surface area contributed by atoms with Gasteiger partial charge in [0.25, 0.3) is 5.91 Å². The monoisotopic (exact) mass is 438 g/mol. The Morgan fingerprint density at radius 2 is 1.97 bits per heavy atom. The highest BCUT2D eigenvalue weighted by molar-refractivity contribution is 6.42. The maximum absolute atomic E-state index is 12.1. The lowest BCUT2D eigenvalue weighted by Crippen LogP contribution is -2.41. The highest BCUT2D eigenvalue weighted by Crippen LogP contribution is 2.26. The predicted molar refractivity (Wildman–Crippen MR) is 109 cm³/mol. The van der Waals surface area contributed by atoms with Crippen LogP contribution in [0, 0.1) is 13.8 Å². The number of esters is 1. The molecule has 0 radical (unpaired) electrons. The first-order valence-electron chi connectivity index (χ1n) is 8.57. The summed E-state index contributed by atoms with van der Waals surface area (Å²) in [6.07, 6.45) is 1.39. The van der Waals surface area contributed by atoms with E-state index in [0.717, 1.165) is 5.69 Å².